The third-order valence-corrected chi connectivity index (χ3v) is 2.68. The Morgan fingerprint density at radius 2 is 1.94 bits per heavy atom. The zero-order valence-electron chi connectivity index (χ0n) is 11.3. The Morgan fingerprint density at radius 1 is 1.17 bits per heavy atom. The van der Waals surface area contributed by atoms with Gasteiger partial charge in [-0.1, -0.05) is 13.8 Å². The van der Waals surface area contributed by atoms with Gasteiger partial charge < -0.3 is 5.32 Å². The molecule has 0 atom stereocenters. The van der Waals surface area contributed by atoms with Crippen LogP contribution in [-0.4, -0.2) is 19.7 Å². The van der Waals surface area contributed by atoms with Crippen molar-refractivity contribution >= 4 is 11.5 Å². The Balaban J connectivity index is 2.15. The molecule has 0 aliphatic heterocycles. The van der Waals surface area contributed by atoms with Crippen molar-refractivity contribution in [3.8, 4) is 0 Å². The van der Waals surface area contributed by atoms with E-state index < -0.39 is 0 Å². The summed E-state index contributed by atoms with van der Waals surface area (Å²) in [5, 5.41) is 7.52. The molecule has 2 heterocycles. The standard InChI is InChI=1S/C13H19N5/c1-9(2)12-5-13(15-8-14-12)17-11-6-16-18(7-11)10(3)4/h5-10H,1-4H3,(H,14,15,17). The van der Waals surface area contributed by atoms with Crippen molar-refractivity contribution in [3.05, 3.63) is 30.5 Å². The van der Waals surface area contributed by atoms with E-state index in [0.29, 0.717) is 12.0 Å². The van der Waals surface area contributed by atoms with Gasteiger partial charge in [0.2, 0.25) is 0 Å². The first-order chi connectivity index (χ1) is 8.56. The SMILES string of the molecule is CC(C)c1cc(Nc2cnn(C(C)C)c2)ncn1. The Kier molecular flexibility index (Phi) is 3.60. The van der Waals surface area contributed by atoms with Gasteiger partial charge in [0.25, 0.3) is 0 Å². The molecular weight excluding hydrogens is 226 g/mol. The second-order valence-corrected chi connectivity index (χ2v) is 4.91. The molecule has 0 amide bonds. The van der Waals surface area contributed by atoms with Crippen molar-refractivity contribution in [1.29, 1.82) is 0 Å². The maximum Gasteiger partial charge on any atom is 0.134 e. The monoisotopic (exact) mass is 245 g/mol. The number of anilines is 2. The molecule has 5 heteroatoms. The molecule has 2 rings (SSSR count). The summed E-state index contributed by atoms with van der Waals surface area (Å²) in [5.74, 6) is 1.20. The third-order valence-electron chi connectivity index (χ3n) is 2.68. The lowest BCUT2D eigenvalue weighted by Crippen LogP contribution is -2.00. The molecule has 2 aromatic heterocycles. The highest BCUT2D eigenvalue weighted by Crippen LogP contribution is 2.18. The smallest absolute Gasteiger partial charge is 0.134 e. The maximum absolute atomic E-state index is 4.28. The number of nitrogens with zero attached hydrogens (tertiary/aromatic N) is 4. The highest BCUT2D eigenvalue weighted by atomic mass is 15.3. The first-order valence-corrected chi connectivity index (χ1v) is 6.19. The van der Waals surface area contributed by atoms with E-state index >= 15 is 0 Å². The molecule has 0 fully saturated rings. The third kappa shape index (κ3) is 2.85. The Hall–Kier alpha value is -1.91. The minimum Gasteiger partial charge on any atom is -0.338 e. The molecular formula is C13H19N5. The van der Waals surface area contributed by atoms with E-state index in [1.165, 1.54) is 0 Å². The number of hydrogen-bond donors (Lipinski definition) is 1. The lowest BCUT2D eigenvalue weighted by atomic mass is 10.1. The van der Waals surface area contributed by atoms with Crippen LogP contribution in [0.2, 0.25) is 0 Å². The van der Waals surface area contributed by atoms with E-state index in [9.17, 15) is 0 Å². The van der Waals surface area contributed by atoms with Gasteiger partial charge >= 0.3 is 0 Å². The van der Waals surface area contributed by atoms with Gasteiger partial charge in [0, 0.05) is 24.0 Å². The summed E-state index contributed by atoms with van der Waals surface area (Å²) in [6.07, 6.45) is 5.36. The van der Waals surface area contributed by atoms with Crippen LogP contribution in [0.4, 0.5) is 11.5 Å². The van der Waals surface area contributed by atoms with E-state index in [4.69, 9.17) is 0 Å². The fourth-order valence-electron chi connectivity index (χ4n) is 1.59. The van der Waals surface area contributed by atoms with Crippen LogP contribution in [0.1, 0.15) is 45.3 Å². The molecule has 0 unspecified atom stereocenters. The molecule has 0 aromatic carbocycles. The topological polar surface area (TPSA) is 55.6 Å². The summed E-state index contributed by atoms with van der Waals surface area (Å²) in [6, 6.07) is 2.33. The molecule has 18 heavy (non-hydrogen) atoms. The van der Waals surface area contributed by atoms with Crippen LogP contribution in [-0.2, 0) is 0 Å². The van der Waals surface area contributed by atoms with E-state index in [2.05, 4.69) is 48.1 Å². The first kappa shape index (κ1) is 12.5. The van der Waals surface area contributed by atoms with Gasteiger partial charge in [-0.15, -0.1) is 0 Å². The number of hydrogen-bond acceptors (Lipinski definition) is 4. The van der Waals surface area contributed by atoms with E-state index in [1.807, 2.05) is 16.9 Å². The fraction of sp³-hybridized carbons (Fsp3) is 0.462. The summed E-state index contributed by atoms with van der Waals surface area (Å²) in [4.78, 5) is 8.45. The van der Waals surface area contributed by atoms with Crippen LogP contribution in [0, 0.1) is 0 Å². The Labute approximate surface area is 107 Å². The number of rotatable bonds is 4. The molecule has 0 aliphatic rings. The maximum atomic E-state index is 4.28. The lowest BCUT2D eigenvalue weighted by Gasteiger charge is -2.07. The van der Waals surface area contributed by atoms with Crippen molar-refractivity contribution < 1.29 is 0 Å². The lowest BCUT2D eigenvalue weighted by molar-refractivity contribution is 0.532. The van der Waals surface area contributed by atoms with Crippen molar-refractivity contribution in [1.82, 2.24) is 19.7 Å². The van der Waals surface area contributed by atoms with Crippen molar-refractivity contribution in [2.75, 3.05) is 5.32 Å². The molecule has 1 N–H and O–H groups in total. The quantitative estimate of drug-likeness (QED) is 0.899. The molecule has 0 saturated heterocycles. The number of nitrogens with one attached hydrogen (secondary N) is 1. The van der Waals surface area contributed by atoms with Crippen LogP contribution >= 0.6 is 0 Å². The summed E-state index contributed by atoms with van der Waals surface area (Å²) in [6.45, 7) is 8.42. The average Bonchev–Trinajstić information content (AvgIpc) is 2.78. The Bertz CT molecular complexity index is 516. The average molecular weight is 245 g/mol. The molecule has 2 aromatic rings. The normalized spacial score (nSPS) is 11.2. The van der Waals surface area contributed by atoms with Gasteiger partial charge in [0.05, 0.1) is 11.9 Å². The Morgan fingerprint density at radius 3 is 2.56 bits per heavy atom. The fourth-order valence-corrected chi connectivity index (χ4v) is 1.59. The van der Waals surface area contributed by atoms with Crippen LogP contribution in [0.3, 0.4) is 0 Å². The van der Waals surface area contributed by atoms with Crippen LogP contribution in [0.25, 0.3) is 0 Å². The molecule has 0 saturated carbocycles. The van der Waals surface area contributed by atoms with Crippen LogP contribution in [0.5, 0.6) is 0 Å². The van der Waals surface area contributed by atoms with Gasteiger partial charge in [-0.3, -0.25) is 4.68 Å². The predicted molar refractivity (Wildman–Crippen MR) is 72.0 cm³/mol. The van der Waals surface area contributed by atoms with Gasteiger partial charge in [-0.05, 0) is 19.8 Å². The molecule has 0 radical (unpaired) electrons. The zero-order chi connectivity index (χ0) is 13.1. The summed E-state index contributed by atoms with van der Waals surface area (Å²) in [5.41, 5.74) is 1.97. The zero-order valence-corrected chi connectivity index (χ0v) is 11.3. The number of aromatic nitrogens is 4. The van der Waals surface area contributed by atoms with Crippen LogP contribution in [0.15, 0.2) is 24.8 Å². The summed E-state index contributed by atoms with van der Waals surface area (Å²) in [7, 11) is 0. The largest absolute Gasteiger partial charge is 0.338 e. The van der Waals surface area contributed by atoms with Crippen molar-refractivity contribution in [2.45, 2.75) is 39.7 Å². The van der Waals surface area contributed by atoms with E-state index in [1.54, 1.807) is 12.5 Å². The van der Waals surface area contributed by atoms with Crippen LogP contribution < -0.4 is 5.32 Å². The first-order valence-electron chi connectivity index (χ1n) is 6.19. The van der Waals surface area contributed by atoms with Gasteiger partial charge in [0.15, 0.2) is 0 Å². The van der Waals surface area contributed by atoms with E-state index in [-0.39, 0.29) is 0 Å². The van der Waals surface area contributed by atoms with Gasteiger partial charge in [0.1, 0.15) is 12.1 Å². The molecule has 0 aliphatic carbocycles. The molecule has 5 nitrogen and oxygen atoms in total. The molecule has 0 bridgehead atoms. The van der Waals surface area contributed by atoms with E-state index in [0.717, 1.165) is 17.2 Å². The minimum atomic E-state index is 0.358. The minimum absolute atomic E-state index is 0.358. The second-order valence-electron chi connectivity index (χ2n) is 4.91. The summed E-state index contributed by atoms with van der Waals surface area (Å²) >= 11 is 0. The van der Waals surface area contributed by atoms with Crippen molar-refractivity contribution in [3.63, 3.8) is 0 Å². The van der Waals surface area contributed by atoms with Crippen molar-refractivity contribution in [2.24, 2.45) is 0 Å². The molecule has 96 valence electrons. The van der Waals surface area contributed by atoms with Gasteiger partial charge in [-0.2, -0.15) is 5.10 Å². The van der Waals surface area contributed by atoms with Gasteiger partial charge in [-0.25, -0.2) is 9.97 Å². The second kappa shape index (κ2) is 5.16. The molecule has 0 spiro atoms. The summed E-state index contributed by atoms with van der Waals surface area (Å²) < 4.78 is 1.91. The highest BCUT2D eigenvalue weighted by Gasteiger charge is 2.05. The highest BCUT2D eigenvalue weighted by molar-refractivity contribution is 5.53. The predicted octanol–water partition coefficient (Wildman–Crippen LogP) is 3.12.